The first kappa shape index (κ1) is 14.8. The van der Waals surface area contributed by atoms with E-state index >= 15 is 0 Å². The van der Waals surface area contributed by atoms with Crippen molar-refractivity contribution in [2.45, 2.75) is 24.9 Å². The molecule has 1 aliphatic heterocycles. The van der Waals surface area contributed by atoms with E-state index in [9.17, 15) is 19.5 Å². The highest BCUT2D eigenvalue weighted by atomic mass is 16.4. The van der Waals surface area contributed by atoms with Gasteiger partial charge in [0.25, 0.3) is 0 Å². The fraction of sp³-hybridized carbons (Fsp3) is 0.357. The lowest BCUT2D eigenvalue weighted by molar-refractivity contribution is -0.139. The number of hydrogen-bond donors (Lipinski definition) is 4. The number of nitrogens with one attached hydrogen (secondary N) is 3. The lowest BCUT2D eigenvalue weighted by Crippen LogP contribution is -2.45. The molecule has 1 aromatic rings. The Morgan fingerprint density at radius 3 is 2.62 bits per heavy atom. The summed E-state index contributed by atoms with van der Waals surface area (Å²) < 4.78 is 0. The van der Waals surface area contributed by atoms with E-state index in [2.05, 4.69) is 16.0 Å². The molecule has 0 aliphatic carbocycles. The maximum Gasteiger partial charge on any atom is 0.330 e. The monoisotopic (exact) mass is 291 g/mol. The van der Waals surface area contributed by atoms with E-state index < -0.39 is 18.0 Å². The number of carboxylic acid groups (broad SMARTS) is 1. The van der Waals surface area contributed by atoms with Crippen LogP contribution in [0.4, 0.5) is 4.79 Å². The van der Waals surface area contributed by atoms with Crippen LogP contribution in [0.3, 0.4) is 0 Å². The molecule has 7 heteroatoms. The van der Waals surface area contributed by atoms with Crippen LogP contribution in [0.15, 0.2) is 30.3 Å². The minimum atomic E-state index is -1.13. The van der Waals surface area contributed by atoms with Gasteiger partial charge in [-0.3, -0.25) is 4.79 Å². The van der Waals surface area contributed by atoms with Gasteiger partial charge in [0.15, 0.2) is 6.04 Å². The predicted octanol–water partition coefficient (Wildman–Crippen LogP) is 0.390. The smallest absolute Gasteiger partial charge is 0.330 e. The van der Waals surface area contributed by atoms with E-state index in [0.29, 0.717) is 18.4 Å². The number of amides is 3. The normalized spacial score (nSPS) is 18.7. The first-order chi connectivity index (χ1) is 10.1. The van der Waals surface area contributed by atoms with Gasteiger partial charge in [0.1, 0.15) is 0 Å². The van der Waals surface area contributed by atoms with Crippen LogP contribution in [-0.2, 0) is 9.59 Å². The standard InChI is InChI=1S/C14H17N3O4/c18-11-7-6-10(16-11)8-15-14(21)17-12(13(19)20)9-4-2-1-3-5-9/h1-5,10,12H,6-8H2,(H,16,18)(H,19,20)(H2,15,17,21)/t10?,12-/m0/s1. The molecule has 0 radical (unpaired) electrons. The number of urea groups is 1. The van der Waals surface area contributed by atoms with E-state index in [-0.39, 0.29) is 18.5 Å². The SMILES string of the molecule is O=C1CCC(CNC(=O)N[C@H](C(=O)O)c2ccccc2)N1. The Balaban J connectivity index is 1.87. The second-order valence-electron chi connectivity index (χ2n) is 4.84. The first-order valence-corrected chi connectivity index (χ1v) is 6.67. The summed E-state index contributed by atoms with van der Waals surface area (Å²) >= 11 is 0. The maximum absolute atomic E-state index is 11.8. The number of benzene rings is 1. The zero-order valence-electron chi connectivity index (χ0n) is 11.3. The van der Waals surface area contributed by atoms with Gasteiger partial charge in [-0.25, -0.2) is 9.59 Å². The molecule has 7 nitrogen and oxygen atoms in total. The van der Waals surface area contributed by atoms with Gasteiger partial charge < -0.3 is 21.1 Å². The Morgan fingerprint density at radius 2 is 2.05 bits per heavy atom. The van der Waals surface area contributed by atoms with E-state index in [1.807, 2.05) is 0 Å². The van der Waals surface area contributed by atoms with Crippen LogP contribution >= 0.6 is 0 Å². The van der Waals surface area contributed by atoms with Crippen molar-refractivity contribution in [1.29, 1.82) is 0 Å². The number of hydrogen-bond acceptors (Lipinski definition) is 3. The summed E-state index contributed by atoms with van der Waals surface area (Å²) in [4.78, 5) is 34.0. The molecular weight excluding hydrogens is 274 g/mol. The topological polar surface area (TPSA) is 108 Å². The summed E-state index contributed by atoms with van der Waals surface area (Å²) in [6.45, 7) is 0.276. The summed E-state index contributed by atoms with van der Waals surface area (Å²) in [5.41, 5.74) is 0.495. The fourth-order valence-corrected chi connectivity index (χ4v) is 2.16. The summed E-state index contributed by atoms with van der Waals surface area (Å²) in [6, 6.07) is 6.68. The summed E-state index contributed by atoms with van der Waals surface area (Å²) in [5.74, 6) is -1.17. The molecule has 0 bridgehead atoms. The molecule has 4 N–H and O–H groups in total. The van der Waals surface area contributed by atoms with Crippen LogP contribution < -0.4 is 16.0 Å². The summed E-state index contributed by atoms with van der Waals surface area (Å²) in [7, 11) is 0. The van der Waals surface area contributed by atoms with Crippen LogP contribution in [0, 0.1) is 0 Å². The van der Waals surface area contributed by atoms with Gasteiger partial charge in [-0.2, -0.15) is 0 Å². The molecular formula is C14H17N3O4. The van der Waals surface area contributed by atoms with Gasteiger partial charge in [0.05, 0.1) is 0 Å². The largest absolute Gasteiger partial charge is 0.479 e. The molecule has 0 saturated carbocycles. The third-order valence-corrected chi connectivity index (χ3v) is 3.25. The van der Waals surface area contributed by atoms with Crippen molar-refractivity contribution in [3.8, 4) is 0 Å². The van der Waals surface area contributed by atoms with Gasteiger partial charge in [-0.05, 0) is 12.0 Å². The third-order valence-electron chi connectivity index (χ3n) is 3.25. The summed E-state index contributed by atoms with van der Waals surface area (Å²) in [5, 5.41) is 16.9. The molecule has 0 spiro atoms. The fourth-order valence-electron chi connectivity index (χ4n) is 2.16. The van der Waals surface area contributed by atoms with Crippen molar-refractivity contribution in [1.82, 2.24) is 16.0 Å². The average molecular weight is 291 g/mol. The van der Waals surface area contributed by atoms with E-state index in [1.54, 1.807) is 30.3 Å². The van der Waals surface area contributed by atoms with E-state index in [0.717, 1.165) is 0 Å². The molecule has 1 unspecified atom stereocenters. The predicted molar refractivity (Wildman–Crippen MR) is 74.5 cm³/mol. The maximum atomic E-state index is 11.8. The van der Waals surface area contributed by atoms with Crippen LogP contribution in [0.5, 0.6) is 0 Å². The van der Waals surface area contributed by atoms with Crippen LogP contribution in [0.1, 0.15) is 24.4 Å². The Kier molecular flexibility index (Phi) is 4.76. The van der Waals surface area contributed by atoms with E-state index in [1.165, 1.54) is 0 Å². The minimum Gasteiger partial charge on any atom is -0.479 e. The van der Waals surface area contributed by atoms with Crippen LogP contribution in [0.2, 0.25) is 0 Å². The zero-order chi connectivity index (χ0) is 15.2. The Morgan fingerprint density at radius 1 is 1.33 bits per heavy atom. The highest BCUT2D eigenvalue weighted by Gasteiger charge is 2.24. The molecule has 2 rings (SSSR count). The molecule has 3 amide bonds. The van der Waals surface area contributed by atoms with Crippen molar-refractivity contribution in [3.63, 3.8) is 0 Å². The number of carboxylic acids is 1. The Hall–Kier alpha value is -2.57. The lowest BCUT2D eigenvalue weighted by Gasteiger charge is -2.17. The second kappa shape index (κ2) is 6.74. The molecule has 1 saturated heterocycles. The van der Waals surface area contributed by atoms with Gasteiger partial charge >= 0.3 is 12.0 Å². The minimum absolute atomic E-state index is 0.0325. The highest BCUT2D eigenvalue weighted by Crippen LogP contribution is 2.12. The van der Waals surface area contributed by atoms with Crippen LogP contribution in [0.25, 0.3) is 0 Å². The second-order valence-corrected chi connectivity index (χ2v) is 4.84. The molecule has 0 aromatic heterocycles. The molecule has 2 atom stereocenters. The number of carbonyl (C=O) groups excluding carboxylic acids is 2. The number of rotatable bonds is 5. The van der Waals surface area contributed by atoms with Gasteiger partial charge in [-0.15, -0.1) is 0 Å². The van der Waals surface area contributed by atoms with Gasteiger partial charge in [0.2, 0.25) is 5.91 Å². The quantitative estimate of drug-likeness (QED) is 0.629. The van der Waals surface area contributed by atoms with Crippen molar-refractivity contribution >= 4 is 17.9 Å². The van der Waals surface area contributed by atoms with Gasteiger partial charge in [0, 0.05) is 19.0 Å². The molecule has 1 aromatic carbocycles. The van der Waals surface area contributed by atoms with Crippen molar-refractivity contribution in [2.75, 3.05) is 6.54 Å². The molecule has 1 heterocycles. The molecule has 1 aliphatic rings. The van der Waals surface area contributed by atoms with Crippen molar-refractivity contribution in [3.05, 3.63) is 35.9 Å². The molecule has 112 valence electrons. The molecule has 1 fully saturated rings. The lowest BCUT2D eigenvalue weighted by atomic mass is 10.1. The number of carbonyl (C=O) groups is 3. The first-order valence-electron chi connectivity index (χ1n) is 6.67. The zero-order valence-corrected chi connectivity index (χ0v) is 11.3. The average Bonchev–Trinajstić information content (AvgIpc) is 2.89. The highest BCUT2D eigenvalue weighted by molar-refractivity contribution is 5.83. The van der Waals surface area contributed by atoms with Crippen molar-refractivity contribution < 1.29 is 19.5 Å². The third kappa shape index (κ3) is 4.20. The van der Waals surface area contributed by atoms with Gasteiger partial charge in [-0.1, -0.05) is 30.3 Å². The van der Waals surface area contributed by atoms with Crippen molar-refractivity contribution in [2.24, 2.45) is 0 Å². The summed E-state index contributed by atoms with van der Waals surface area (Å²) in [6.07, 6.45) is 1.12. The Bertz CT molecular complexity index is 532. The Labute approximate surface area is 121 Å². The van der Waals surface area contributed by atoms with E-state index in [4.69, 9.17) is 0 Å². The van der Waals surface area contributed by atoms with Crippen LogP contribution in [-0.4, -0.2) is 35.6 Å². The number of aliphatic carboxylic acids is 1. The molecule has 21 heavy (non-hydrogen) atoms.